The van der Waals surface area contributed by atoms with Crippen molar-refractivity contribution in [3.8, 4) is 0 Å². The molecular weight excluding hydrogens is 524 g/mol. The summed E-state index contributed by atoms with van der Waals surface area (Å²) in [7, 11) is 0. The van der Waals surface area contributed by atoms with Gasteiger partial charge in [-0.05, 0) is 67.2 Å². The standard InChI is InChI=1S/C26H44N6O8/c1-8-9-12-38-32-17-10-11-18(30(15-17)23(32)36)20(33)28-29-21(34)19-13-16(27-22(35)39-25(2,3)4)14-31(19)24(37)40-26(5,6)7/h16-19H,8-15H2,1-7H3,(H,27,35)(H,28,33)(H,29,34)/t16-,17?,18-,19-/m0/s1. The third-order valence-corrected chi connectivity index (χ3v) is 6.62. The van der Waals surface area contributed by atoms with Gasteiger partial charge in [0.05, 0.1) is 18.7 Å². The van der Waals surface area contributed by atoms with E-state index in [1.54, 1.807) is 41.5 Å². The molecule has 14 heteroatoms. The molecule has 4 atom stereocenters. The average molecular weight is 569 g/mol. The highest BCUT2D eigenvalue weighted by molar-refractivity contribution is 5.92. The fraction of sp³-hybridized carbons (Fsp3) is 0.808. The van der Waals surface area contributed by atoms with Crippen molar-refractivity contribution in [1.29, 1.82) is 0 Å². The molecule has 6 amide bonds. The molecule has 0 aliphatic carbocycles. The average Bonchev–Trinajstić information content (AvgIpc) is 3.35. The molecule has 3 N–H and O–H groups in total. The zero-order valence-corrected chi connectivity index (χ0v) is 24.6. The summed E-state index contributed by atoms with van der Waals surface area (Å²) in [5, 5.41) is 4.05. The number of urea groups is 1. The van der Waals surface area contributed by atoms with E-state index in [0.29, 0.717) is 26.0 Å². The highest BCUT2D eigenvalue weighted by Gasteiger charge is 2.48. The Morgan fingerprint density at radius 3 is 2.12 bits per heavy atom. The number of hydrogen-bond acceptors (Lipinski definition) is 8. The Morgan fingerprint density at radius 2 is 1.52 bits per heavy atom. The van der Waals surface area contributed by atoms with Crippen LogP contribution in [0.25, 0.3) is 0 Å². The van der Waals surface area contributed by atoms with Crippen LogP contribution in [0.3, 0.4) is 0 Å². The Labute approximate surface area is 235 Å². The van der Waals surface area contributed by atoms with Crippen molar-refractivity contribution >= 4 is 30.0 Å². The molecule has 3 aliphatic rings. The van der Waals surface area contributed by atoms with Gasteiger partial charge < -0.3 is 19.7 Å². The number of rotatable bonds is 7. The number of likely N-dealkylation sites (tertiary alicyclic amines) is 1. The second kappa shape index (κ2) is 12.5. The lowest BCUT2D eigenvalue weighted by atomic mass is 10.0. The topological polar surface area (TPSA) is 159 Å². The second-order valence-corrected chi connectivity index (χ2v) is 12.4. The molecular formula is C26H44N6O8. The van der Waals surface area contributed by atoms with E-state index >= 15 is 0 Å². The Kier molecular flexibility index (Phi) is 9.75. The summed E-state index contributed by atoms with van der Waals surface area (Å²) in [6, 6.07) is -2.85. The first-order valence-electron chi connectivity index (χ1n) is 13.9. The van der Waals surface area contributed by atoms with Crippen LogP contribution in [0.15, 0.2) is 0 Å². The fourth-order valence-corrected chi connectivity index (χ4v) is 4.85. The second-order valence-electron chi connectivity index (χ2n) is 12.4. The van der Waals surface area contributed by atoms with Crippen LogP contribution in [0.5, 0.6) is 0 Å². The van der Waals surface area contributed by atoms with E-state index in [-0.39, 0.29) is 25.0 Å². The third kappa shape index (κ3) is 8.12. The van der Waals surface area contributed by atoms with E-state index in [4.69, 9.17) is 14.3 Å². The minimum Gasteiger partial charge on any atom is -0.444 e. The molecule has 3 heterocycles. The summed E-state index contributed by atoms with van der Waals surface area (Å²) < 4.78 is 10.8. The van der Waals surface area contributed by atoms with Gasteiger partial charge in [0.15, 0.2) is 0 Å². The molecule has 0 spiro atoms. The monoisotopic (exact) mass is 568 g/mol. The number of ether oxygens (including phenoxy) is 2. The van der Waals surface area contributed by atoms with Gasteiger partial charge in [0.25, 0.3) is 11.8 Å². The SMILES string of the molecule is CCCCON1C(=O)N2CC1CC[C@H]2C(=O)NNC(=O)[C@@H]1C[C@H](NC(=O)OC(C)(C)C)CN1C(=O)OC(C)(C)C. The molecule has 0 aromatic rings. The van der Waals surface area contributed by atoms with Gasteiger partial charge in [0.1, 0.15) is 23.3 Å². The summed E-state index contributed by atoms with van der Waals surface area (Å²) in [4.78, 5) is 72.5. The highest BCUT2D eigenvalue weighted by Crippen LogP contribution is 2.30. The number of unbranched alkanes of at least 4 members (excludes halogenated alkanes) is 1. The summed E-state index contributed by atoms with van der Waals surface area (Å²) in [6.07, 6.45) is 1.45. The molecule has 3 aliphatic heterocycles. The first-order valence-corrected chi connectivity index (χ1v) is 13.9. The number of nitrogens with zero attached hydrogens (tertiary/aromatic N) is 3. The molecule has 0 aromatic heterocycles. The quantitative estimate of drug-likeness (QED) is 0.311. The van der Waals surface area contributed by atoms with Crippen LogP contribution in [0.1, 0.15) is 80.6 Å². The summed E-state index contributed by atoms with van der Waals surface area (Å²) in [5.41, 5.74) is 3.28. The number of piperidine rings is 1. The molecule has 1 unspecified atom stereocenters. The maximum absolute atomic E-state index is 13.2. The molecule has 2 bridgehead atoms. The van der Waals surface area contributed by atoms with Gasteiger partial charge in [0.2, 0.25) is 0 Å². The summed E-state index contributed by atoms with van der Waals surface area (Å²) in [5.74, 6) is -1.19. The zero-order chi connectivity index (χ0) is 29.8. The van der Waals surface area contributed by atoms with E-state index in [1.807, 2.05) is 6.92 Å². The van der Waals surface area contributed by atoms with Crippen molar-refractivity contribution in [3.63, 3.8) is 0 Å². The predicted molar refractivity (Wildman–Crippen MR) is 142 cm³/mol. The Balaban J connectivity index is 1.61. The van der Waals surface area contributed by atoms with Crippen LogP contribution in [-0.4, -0.2) is 100.0 Å². The molecule has 3 rings (SSSR count). The molecule has 0 radical (unpaired) electrons. The number of hydroxylamine groups is 2. The maximum Gasteiger partial charge on any atom is 0.411 e. The van der Waals surface area contributed by atoms with Crippen LogP contribution < -0.4 is 16.2 Å². The van der Waals surface area contributed by atoms with Crippen LogP contribution in [0, 0.1) is 0 Å². The first-order chi connectivity index (χ1) is 18.6. The van der Waals surface area contributed by atoms with Gasteiger partial charge >= 0.3 is 18.2 Å². The van der Waals surface area contributed by atoms with Crippen molar-refractivity contribution in [2.75, 3.05) is 19.7 Å². The molecule has 3 fully saturated rings. The van der Waals surface area contributed by atoms with Gasteiger partial charge in [-0.3, -0.25) is 30.2 Å². The van der Waals surface area contributed by atoms with Crippen molar-refractivity contribution in [2.45, 2.75) is 116 Å². The fourth-order valence-electron chi connectivity index (χ4n) is 4.85. The van der Waals surface area contributed by atoms with Crippen molar-refractivity contribution < 1.29 is 38.3 Å². The van der Waals surface area contributed by atoms with Gasteiger partial charge in [-0.1, -0.05) is 13.3 Å². The van der Waals surface area contributed by atoms with Crippen LogP contribution in [0.2, 0.25) is 0 Å². The van der Waals surface area contributed by atoms with Gasteiger partial charge in [-0.15, -0.1) is 0 Å². The molecule has 40 heavy (non-hydrogen) atoms. The van der Waals surface area contributed by atoms with Crippen molar-refractivity contribution in [1.82, 2.24) is 31.0 Å². The lowest BCUT2D eigenvalue weighted by Gasteiger charge is -2.30. The number of carbonyl (C=O) groups is 5. The van der Waals surface area contributed by atoms with Crippen LogP contribution in [-0.2, 0) is 23.9 Å². The Hall–Kier alpha value is -3.29. The number of hydrogen-bond donors (Lipinski definition) is 3. The number of amides is 6. The minimum absolute atomic E-state index is 0.0142. The highest BCUT2D eigenvalue weighted by atomic mass is 16.7. The first kappa shape index (κ1) is 31.2. The van der Waals surface area contributed by atoms with Crippen LogP contribution >= 0.6 is 0 Å². The molecule has 3 saturated heterocycles. The third-order valence-electron chi connectivity index (χ3n) is 6.62. The van der Waals surface area contributed by atoms with E-state index in [9.17, 15) is 24.0 Å². The largest absolute Gasteiger partial charge is 0.444 e. The van der Waals surface area contributed by atoms with E-state index < -0.39 is 53.3 Å². The number of nitrogens with one attached hydrogen (secondary N) is 3. The Morgan fingerprint density at radius 1 is 0.900 bits per heavy atom. The Bertz CT molecular complexity index is 977. The van der Waals surface area contributed by atoms with Crippen molar-refractivity contribution in [2.24, 2.45) is 0 Å². The lowest BCUT2D eigenvalue weighted by molar-refractivity contribution is -0.134. The normalized spacial score (nSPS) is 24.6. The number of fused-ring (bicyclic) bond motifs is 2. The molecule has 0 saturated carbocycles. The van der Waals surface area contributed by atoms with E-state index in [2.05, 4.69) is 16.2 Å². The number of hydrazine groups is 1. The number of alkyl carbamates (subject to hydrolysis) is 1. The molecule has 14 nitrogen and oxygen atoms in total. The van der Waals surface area contributed by atoms with Gasteiger partial charge in [-0.25, -0.2) is 14.4 Å². The van der Waals surface area contributed by atoms with E-state index in [1.165, 1.54) is 14.9 Å². The van der Waals surface area contributed by atoms with Crippen LogP contribution in [0.4, 0.5) is 14.4 Å². The summed E-state index contributed by atoms with van der Waals surface area (Å²) >= 11 is 0. The van der Waals surface area contributed by atoms with E-state index in [0.717, 1.165) is 12.8 Å². The molecule has 0 aromatic carbocycles. The maximum atomic E-state index is 13.2. The lowest BCUT2D eigenvalue weighted by Crippen LogP contribution is -2.57. The van der Waals surface area contributed by atoms with Gasteiger partial charge in [0, 0.05) is 13.1 Å². The van der Waals surface area contributed by atoms with Crippen molar-refractivity contribution in [3.05, 3.63) is 0 Å². The smallest absolute Gasteiger partial charge is 0.411 e. The zero-order valence-electron chi connectivity index (χ0n) is 24.6. The van der Waals surface area contributed by atoms with Gasteiger partial charge in [-0.2, -0.15) is 5.06 Å². The minimum atomic E-state index is -1.03. The number of carbonyl (C=O) groups excluding carboxylic acids is 5. The molecule has 226 valence electrons. The summed E-state index contributed by atoms with van der Waals surface area (Å²) in [6.45, 7) is 13.1. The predicted octanol–water partition coefficient (Wildman–Crippen LogP) is 2.04.